The molecule has 1 aromatic rings. The van der Waals surface area contributed by atoms with Crippen LogP contribution >= 0.6 is 0 Å². The van der Waals surface area contributed by atoms with E-state index < -0.39 is 22.5 Å². The van der Waals surface area contributed by atoms with Crippen LogP contribution in [-0.4, -0.2) is 9.91 Å². The van der Waals surface area contributed by atoms with Crippen LogP contribution in [-0.2, 0) is 6.18 Å². The summed E-state index contributed by atoms with van der Waals surface area (Å²) in [6.07, 6.45) is -4.27. The molecule has 8 heteroatoms. The molecule has 0 saturated carbocycles. The van der Waals surface area contributed by atoms with Gasteiger partial charge in [-0.05, 0) is 0 Å². The first-order chi connectivity index (χ1) is 6.86. The minimum atomic E-state index is -4.91. The molecule has 0 radical (unpaired) electrons. The lowest BCUT2D eigenvalue weighted by Crippen LogP contribution is -2.11. The molecular weight excluding hydrogens is 215 g/mol. The van der Waals surface area contributed by atoms with Gasteiger partial charge in [-0.1, -0.05) is 0 Å². The van der Waals surface area contributed by atoms with Gasteiger partial charge in [0.05, 0.1) is 10.5 Å². The fourth-order valence-electron chi connectivity index (χ4n) is 0.872. The highest BCUT2D eigenvalue weighted by atomic mass is 19.4. The zero-order valence-electron chi connectivity index (χ0n) is 6.95. The van der Waals surface area contributed by atoms with Crippen LogP contribution in [0.1, 0.15) is 11.3 Å². The van der Waals surface area contributed by atoms with Crippen LogP contribution in [0.3, 0.4) is 0 Å². The average Bonchev–Trinajstić information content (AvgIpc) is 2.15. The Hall–Kier alpha value is -2.17. The Balaban J connectivity index is 3.42. The van der Waals surface area contributed by atoms with Crippen LogP contribution in [0.25, 0.3) is 0 Å². The summed E-state index contributed by atoms with van der Waals surface area (Å²) in [5.41, 5.74) is -3.12. The molecule has 5 nitrogen and oxygen atoms in total. The highest BCUT2D eigenvalue weighted by Gasteiger charge is 2.40. The highest BCUT2D eigenvalue weighted by Crippen LogP contribution is 2.34. The van der Waals surface area contributed by atoms with E-state index in [-0.39, 0.29) is 5.56 Å². The molecule has 0 atom stereocenters. The van der Waals surface area contributed by atoms with Gasteiger partial charge in [-0.3, -0.25) is 10.1 Å². The van der Waals surface area contributed by atoms with Crippen LogP contribution in [0.4, 0.5) is 18.9 Å². The number of rotatable bonds is 1. The standard InChI is InChI=1S/C7H2F3N3O2/c8-7(9,10)6-5(13(14)15)1-4(2-11)3-12-6/h1,3H. The first-order valence-corrected chi connectivity index (χ1v) is 3.48. The lowest BCUT2D eigenvalue weighted by Gasteiger charge is -2.05. The number of alkyl halides is 3. The van der Waals surface area contributed by atoms with Crippen molar-refractivity contribution in [1.82, 2.24) is 4.98 Å². The van der Waals surface area contributed by atoms with Crippen molar-refractivity contribution in [2.24, 2.45) is 0 Å². The molecule has 1 heterocycles. The minimum Gasteiger partial charge on any atom is -0.258 e. The van der Waals surface area contributed by atoms with Crippen molar-refractivity contribution in [3.05, 3.63) is 33.6 Å². The molecule has 1 aromatic heterocycles. The number of nitriles is 1. The molecule has 0 aliphatic rings. The van der Waals surface area contributed by atoms with Gasteiger partial charge in [0.1, 0.15) is 6.07 Å². The number of hydrogen-bond acceptors (Lipinski definition) is 4. The van der Waals surface area contributed by atoms with Gasteiger partial charge in [0.2, 0.25) is 5.69 Å². The Labute approximate surface area is 80.9 Å². The van der Waals surface area contributed by atoms with Gasteiger partial charge in [0, 0.05) is 12.3 Å². The molecule has 0 aliphatic heterocycles. The smallest absolute Gasteiger partial charge is 0.258 e. The Morgan fingerprint density at radius 3 is 2.53 bits per heavy atom. The number of nitrogens with zero attached hydrogens (tertiary/aromatic N) is 3. The van der Waals surface area contributed by atoms with E-state index in [4.69, 9.17) is 5.26 Å². The van der Waals surface area contributed by atoms with E-state index in [2.05, 4.69) is 4.98 Å². The zero-order valence-corrected chi connectivity index (χ0v) is 6.95. The molecule has 0 aromatic carbocycles. The van der Waals surface area contributed by atoms with E-state index in [0.29, 0.717) is 12.3 Å². The Morgan fingerprint density at radius 2 is 2.13 bits per heavy atom. The van der Waals surface area contributed by atoms with Crippen LogP contribution in [0.5, 0.6) is 0 Å². The number of halogens is 3. The maximum atomic E-state index is 12.2. The molecular formula is C7H2F3N3O2. The van der Waals surface area contributed by atoms with Crippen LogP contribution in [0.2, 0.25) is 0 Å². The van der Waals surface area contributed by atoms with E-state index in [1.54, 1.807) is 0 Å². The first-order valence-electron chi connectivity index (χ1n) is 3.48. The van der Waals surface area contributed by atoms with Crippen molar-refractivity contribution in [1.29, 1.82) is 5.26 Å². The zero-order chi connectivity index (χ0) is 11.6. The predicted molar refractivity (Wildman–Crippen MR) is 40.6 cm³/mol. The lowest BCUT2D eigenvalue weighted by molar-refractivity contribution is -0.388. The molecule has 1 rings (SSSR count). The summed E-state index contributed by atoms with van der Waals surface area (Å²) in [4.78, 5) is 11.9. The number of aromatic nitrogens is 1. The summed E-state index contributed by atoms with van der Waals surface area (Å²) in [7, 11) is 0. The van der Waals surface area contributed by atoms with Crippen molar-refractivity contribution >= 4 is 5.69 Å². The van der Waals surface area contributed by atoms with Gasteiger partial charge in [-0.2, -0.15) is 18.4 Å². The van der Waals surface area contributed by atoms with Crippen LogP contribution in [0.15, 0.2) is 12.3 Å². The Bertz CT molecular complexity index is 450. The van der Waals surface area contributed by atoms with Crippen molar-refractivity contribution in [3.63, 3.8) is 0 Å². The predicted octanol–water partition coefficient (Wildman–Crippen LogP) is 1.88. The van der Waals surface area contributed by atoms with Gasteiger partial charge in [-0.25, -0.2) is 4.98 Å². The lowest BCUT2D eigenvalue weighted by atomic mass is 10.2. The number of pyridine rings is 1. The van der Waals surface area contributed by atoms with Crippen molar-refractivity contribution < 1.29 is 18.1 Å². The Kier molecular flexibility index (Phi) is 2.57. The fraction of sp³-hybridized carbons (Fsp3) is 0.143. The molecule has 78 valence electrons. The monoisotopic (exact) mass is 217 g/mol. The van der Waals surface area contributed by atoms with Crippen molar-refractivity contribution in [2.45, 2.75) is 6.18 Å². The van der Waals surface area contributed by atoms with Crippen molar-refractivity contribution in [3.8, 4) is 6.07 Å². The quantitative estimate of drug-likeness (QED) is 0.531. The molecule has 0 N–H and O–H groups in total. The normalized spacial score (nSPS) is 10.8. The van der Waals surface area contributed by atoms with E-state index in [0.717, 1.165) is 0 Å². The summed E-state index contributed by atoms with van der Waals surface area (Å²) in [5.74, 6) is 0. The molecule has 0 spiro atoms. The summed E-state index contributed by atoms with van der Waals surface area (Å²) in [6.45, 7) is 0. The molecule has 0 bridgehead atoms. The molecule has 15 heavy (non-hydrogen) atoms. The number of nitro groups is 1. The van der Waals surface area contributed by atoms with Crippen LogP contribution in [0, 0.1) is 21.4 Å². The summed E-state index contributed by atoms with van der Waals surface area (Å²) >= 11 is 0. The SMILES string of the molecule is N#Cc1cnc(C(F)(F)F)c([N+](=O)[O-])c1. The summed E-state index contributed by atoms with van der Waals surface area (Å²) in [6, 6.07) is 2.00. The van der Waals surface area contributed by atoms with Crippen molar-refractivity contribution in [2.75, 3.05) is 0 Å². The van der Waals surface area contributed by atoms with Gasteiger partial charge >= 0.3 is 11.9 Å². The van der Waals surface area contributed by atoms with E-state index >= 15 is 0 Å². The fourth-order valence-corrected chi connectivity index (χ4v) is 0.872. The van der Waals surface area contributed by atoms with Gasteiger partial charge in [-0.15, -0.1) is 0 Å². The molecule has 0 saturated heterocycles. The van der Waals surface area contributed by atoms with E-state index in [1.165, 1.54) is 6.07 Å². The topological polar surface area (TPSA) is 79.8 Å². The van der Waals surface area contributed by atoms with Gasteiger partial charge in [0.25, 0.3) is 0 Å². The second kappa shape index (κ2) is 3.53. The molecule has 0 fully saturated rings. The van der Waals surface area contributed by atoms with Gasteiger partial charge in [0.15, 0.2) is 0 Å². The minimum absolute atomic E-state index is 0.297. The maximum Gasteiger partial charge on any atom is 0.440 e. The first kappa shape index (κ1) is 10.9. The second-order valence-corrected chi connectivity index (χ2v) is 2.46. The third-order valence-electron chi connectivity index (χ3n) is 1.46. The average molecular weight is 217 g/mol. The maximum absolute atomic E-state index is 12.2. The third-order valence-corrected chi connectivity index (χ3v) is 1.46. The van der Waals surface area contributed by atoms with Crippen LogP contribution < -0.4 is 0 Å². The molecule has 0 aliphatic carbocycles. The Morgan fingerprint density at radius 1 is 1.53 bits per heavy atom. The highest BCUT2D eigenvalue weighted by molar-refractivity contribution is 5.43. The summed E-state index contributed by atoms with van der Waals surface area (Å²) < 4.78 is 36.6. The third kappa shape index (κ3) is 2.19. The van der Waals surface area contributed by atoms with E-state index in [9.17, 15) is 23.3 Å². The summed E-state index contributed by atoms with van der Waals surface area (Å²) in [5, 5.41) is 18.6. The molecule has 0 unspecified atom stereocenters. The van der Waals surface area contributed by atoms with Gasteiger partial charge < -0.3 is 0 Å². The number of hydrogen-bond donors (Lipinski definition) is 0. The second-order valence-electron chi connectivity index (χ2n) is 2.46. The molecule has 0 amide bonds. The largest absolute Gasteiger partial charge is 0.440 e. The van der Waals surface area contributed by atoms with E-state index in [1.807, 2.05) is 0 Å².